The summed E-state index contributed by atoms with van der Waals surface area (Å²) in [7, 11) is 0. The van der Waals surface area contributed by atoms with Crippen LogP contribution in [0.25, 0.3) is 122 Å². The molecular weight excluding hydrogens is 699 g/mol. The summed E-state index contributed by atoms with van der Waals surface area (Å²) in [6, 6.07) is 61.7. The van der Waals surface area contributed by atoms with Gasteiger partial charge < -0.3 is 13.4 Å². The zero-order valence-corrected chi connectivity index (χ0v) is 30.4. The van der Waals surface area contributed by atoms with Crippen LogP contribution in [0, 0.1) is 0 Å². The Morgan fingerprint density at radius 3 is 1.56 bits per heavy atom. The van der Waals surface area contributed by atoms with Gasteiger partial charge in [-0.25, -0.2) is 15.0 Å². The van der Waals surface area contributed by atoms with E-state index in [4.69, 9.17) is 19.4 Å². The molecule has 0 aliphatic rings. The fourth-order valence-electron chi connectivity index (χ4n) is 9.20. The molecule has 57 heavy (non-hydrogen) atoms. The van der Waals surface area contributed by atoms with Crippen molar-refractivity contribution in [3.63, 3.8) is 0 Å². The molecule has 0 saturated carbocycles. The zero-order valence-electron chi connectivity index (χ0n) is 30.4. The van der Waals surface area contributed by atoms with Gasteiger partial charge in [0.2, 0.25) is 0 Å². The van der Waals surface area contributed by atoms with E-state index in [-0.39, 0.29) is 0 Å². The van der Waals surface area contributed by atoms with Crippen LogP contribution >= 0.6 is 0 Å². The third kappa shape index (κ3) is 4.26. The minimum Gasteiger partial charge on any atom is -0.456 e. The number of hydrogen-bond donors (Lipinski definition) is 0. The van der Waals surface area contributed by atoms with E-state index in [2.05, 4.69) is 124 Å². The molecule has 0 aliphatic heterocycles. The predicted molar refractivity (Wildman–Crippen MR) is 232 cm³/mol. The molecule has 6 heteroatoms. The molecule has 0 radical (unpaired) electrons. The number of fused-ring (bicyclic) bond motifs is 4. The summed E-state index contributed by atoms with van der Waals surface area (Å²) in [5.41, 5.74) is 14.0. The molecular formula is C51H29N5O. The topological polar surface area (TPSA) is 61.2 Å². The van der Waals surface area contributed by atoms with Crippen molar-refractivity contribution < 1.29 is 4.42 Å². The number of rotatable bonds is 5. The molecule has 0 bridgehead atoms. The molecule has 0 atom stereocenters. The fraction of sp³-hybridized carbons (Fsp3) is 0. The first-order valence-electron chi connectivity index (χ1n) is 19.2. The Balaban J connectivity index is 0.938. The lowest BCUT2D eigenvalue weighted by molar-refractivity contribution is 0.669. The minimum atomic E-state index is 0.642. The van der Waals surface area contributed by atoms with Gasteiger partial charge in [0.1, 0.15) is 11.2 Å². The minimum absolute atomic E-state index is 0.642. The van der Waals surface area contributed by atoms with Crippen LogP contribution in [0.5, 0.6) is 0 Å². The second-order valence-electron chi connectivity index (χ2n) is 14.8. The van der Waals surface area contributed by atoms with Gasteiger partial charge in [-0.3, -0.25) is 0 Å². The number of furan rings is 1. The third-order valence-corrected chi connectivity index (χ3v) is 11.7. The molecule has 0 amide bonds. The summed E-state index contributed by atoms with van der Waals surface area (Å²) in [5, 5.41) is 7.35. The van der Waals surface area contributed by atoms with Gasteiger partial charge >= 0.3 is 0 Å². The lowest BCUT2D eigenvalue weighted by atomic mass is 10.0. The van der Waals surface area contributed by atoms with Crippen LogP contribution in [-0.2, 0) is 0 Å². The largest absolute Gasteiger partial charge is 0.456 e. The Hall–Kier alpha value is -7.83. The molecule has 5 heterocycles. The lowest BCUT2D eigenvalue weighted by Crippen LogP contribution is -2.00. The van der Waals surface area contributed by atoms with Crippen LogP contribution in [0.15, 0.2) is 180 Å². The van der Waals surface area contributed by atoms with Gasteiger partial charge in [-0.05, 0) is 65.7 Å². The van der Waals surface area contributed by atoms with Crippen molar-refractivity contribution in [1.29, 1.82) is 0 Å². The molecule has 0 spiro atoms. The standard InChI is InChI=1S/C51H29N5O/c1-3-10-32(11-4-1)49-52-50(33-12-5-2-6-13-33)54-51(53-49)34-20-18-30(19-21-34)31-22-24-35(25-23-31)55-39-16-9-17-40-44(39)45-41(55)27-29-42-46(45)47-43(57-42)28-26-37-36-14-7-8-15-38(36)56(40)48(37)47/h1-29H. The Kier molecular flexibility index (Phi) is 6.07. The first-order chi connectivity index (χ1) is 28.3. The summed E-state index contributed by atoms with van der Waals surface area (Å²) in [5.74, 6) is 1.95. The maximum atomic E-state index is 6.57. The highest BCUT2D eigenvalue weighted by atomic mass is 16.3. The second-order valence-corrected chi connectivity index (χ2v) is 14.8. The second kappa shape index (κ2) is 11.4. The van der Waals surface area contributed by atoms with Gasteiger partial charge in [0.05, 0.1) is 33.0 Å². The van der Waals surface area contributed by atoms with Crippen LogP contribution in [0.1, 0.15) is 0 Å². The normalized spacial score (nSPS) is 12.2. The summed E-state index contributed by atoms with van der Waals surface area (Å²) >= 11 is 0. The Morgan fingerprint density at radius 1 is 0.333 bits per heavy atom. The molecule has 0 fully saturated rings. The molecule has 13 rings (SSSR count). The van der Waals surface area contributed by atoms with Crippen molar-refractivity contribution in [3.8, 4) is 51.0 Å². The first-order valence-corrected chi connectivity index (χ1v) is 19.2. The van der Waals surface area contributed by atoms with E-state index in [0.29, 0.717) is 17.5 Å². The van der Waals surface area contributed by atoms with E-state index in [1.54, 1.807) is 0 Å². The molecule has 8 aromatic carbocycles. The van der Waals surface area contributed by atoms with Crippen LogP contribution in [0.4, 0.5) is 0 Å². The lowest BCUT2D eigenvalue weighted by Gasteiger charge is -2.11. The van der Waals surface area contributed by atoms with Crippen molar-refractivity contribution in [1.82, 2.24) is 23.9 Å². The van der Waals surface area contributed by atoms with Crippen LogP contribution < -0.4 is 0 Å². The molecule has 0 saturated heterocycles. The predicted octanol–water partition coefficient (Wildman–Crippen LogP) is 13.0. The fourth-order valence-corrected chi connectivity index (χ4v) is 9.20. The van der Waals surface area contributed by atoms with Gasteiger partial charge in [0.15, 0.2) is 17.5 Å². The maximum absolute atomic E-state index is 6.57. The average molecular weight is 728 g/mol. The molecule has 264 valence electrons. The third-order valence-electron chi connectivity index (χ3n) is 11.7. The molecule has 0 N–H and O–H groups in total. The van der Waals surface area contributed by atoms with E-state index in [0.717, 1.165) is 44.7 Å². The van der Waals surface area contributed by atoms with Crippen molar-refractivity contribution in [2.75, 3.05) is 0 Å². The van der Waals surface area contributed by atoms with Crippen molar-refractivity contribution in [3.05, 3.63) is 176 Å². The maximum Gasteiger partial charge on any atom is 0.164 e. The van der Waals surface area contributed by atoms with Crippen LogP contribution in [-0.4, -0.2) is 23.9 Å². The summed E-state index contributed by atoms with van der Waals surface area (Å²) in [4.78, 5) is 14.7. The summed E-state index contributed by atoms with van der Waals surface area (Å²) in [6.07, 6.45) is 0. The number of benzene rings is 8. The Morgan fingerprint density at radius 2 is 0.860 bits per heavy atom. The van der Waals surface area contributed by atoms with Crippen molar-refractivity contribution >= 4 is 71.1 Å². The molecule has 6 nitrogen and oxygen atoms in total. The first kappa shape index (κ1) is 30.5. The van der Waals surface area contributed by atoms with Gasteiger partial charge in [0, 0.05) is 49.3 Å². The van der Waals surface area contributed by atoms with E-state index in [1.807, 2.05) is 60.7 Å². The molecule has 0 unspecified atom stereocenters. The highest BCUT2D eigenvalue weighted by molar-refractivity contribution is 6.37. The van der Waals surface area contributed by atoms with Gasteiger partial charge in [0.25, 0.3) is 0 Å². The number of hydrogen-bond acceptors (Lipinski definition) is 4. The van der Waals surface area contributed by atoms with Crippen molar-refractivity contribution in [2.24, 2.45) is 0 Å². The Labute approximate surface area is 325 Å². The summed E-state index contributed by atoms with van der Waals surface area (Å²) < 4.78 is 11.4. The van der Waals surface area contributed by atoms with E-state index in [9.17, 15) is 0 Å². The van der Waals surface area contributed by atoms with E-state index in [1.165, 1.54) is 59.9 Å². The van der Waals surface area contributed by atoms with Crippen LogP contribution in [0.3, 0.4) is 0 Å². The van der Waals surface area contributed by atoms with Gasteiger partial charge in [-0.2, -0.15) is 0 Å². The zero-order chi connectivity index (χ0) is 37.2. The Bertz CT molecular complexity index is 3600. The average Bonchev–Trinajstić information content (AvgIpc) is 3.91. The van der Waals surface area contributed by atoms with Gasteiger partial charge in [-0.1, -0.05) is 121 Å². The molecule has 13 aromatic rings. The van der Waals surface area contributed by atoms with Gasteiger partial charge in [-0.15, -0.1) is 0 Å². The SMILES string of the molecule is c1ccc(-c2nc(-c3ccccc3)nc(-c3ccc(-c4ccc(-n5c6ccc7oc8ccc9c%10ccccc%10n%10c%11cccc5c%11c6c7c8c9%10)cc4)cc3)n2)cc1. The van der Waals surface area contributed by atoms with E-state index < -0.39 is 0 Å². The van der Waals surface area contributed by atoms with Crippen LogP contribution in [0.2, 0.25) is 0 Å². The van der Waals surface area contributed by atoms with Crippen molar-refractivity contribution in [2.45, 2.75) is 0 Å². The van der Waals surface area contributed by atoms with E-state index >= 15 is 0 Å². The quantitative estimate of drug-likeness (QED) is 0.177. The highest BCUT2D eigenvalue weighted by Gasteiger charge is 2.26. The monoisotopic (exact) mass is 727 g/mol. The molecule has 0 aliphatic carbocycles. The smallest absolute Gasteiger partial charge is 0.164 e. The number of nitrogens with zero attached hydrogens (tertiary/aromatic N) is 5. The highest BCUT2D eigenvalue weighted by Crippen LogP contribution is 2.48. The number of aromatic nitrogens is 5. The molecule has 5 aromatic heterocycles. The summed E-state index contributed by atoms with van der Waals surface area (Å²) in [6.45, 7) is 0. The number of para-hydroxylation sites is 1.